The van der Waals surface area contributed by atoms with E-state index in [0.29, 0.717) is 11.4 Å². The minimum atomic E-state index is -0.209. The van der Waals surface area contributed by atoms with Gasteiger partial charge in [-0.25, -0.2) is 0 Å². The van der Waals surface area contributed by atoms with Crippen LogP contribution in [0.1, 0.15) is 27.9 Å². The van der Waals surface area contributed by atoms with Gasteiger partial charge in [0.1, 0.15) is 6.61 Å². The molecule has 0 spiro atoms. The van der Waals surface area contributed by atoms with E-state index in [0.717, 1.165) is 11.3 Å². The lowest BCUT2D eigenvalue weighted by molar-refractivity contribution is -0.121. The fraction of sp³-hybridized carbons (Fsp3) is 0.429. The number of aliphatic hydroxyl groups is 1. The zero-order valence-corrected chi connectivity index (χ0v) is 12.4. The molecule has 0 aromatic carbocycles. The molecule has 6 heteroatoms. The first kappa shape index (κ1) is 16.2. The summed E-state index contributed by atoms with van der Waals surface area (Å²) in [5, 5.41) is 11.2. The Hall–Kier alpha value is -1.84. The molecule has 0 atom stereocenters. The summed E-state index contributed by atoms with van der Waals surface area (Å²) >= 11 is 1.26. The molecule has 0 saturated heterocycles. The summed E-state index contributed by atoms with van der Waals surface area (Å²) in [6, 6.07) is 3.44. The van der Waals surface area contributed by atoms with Gasteiger partial charge >= 0.3 is 0 Å². The van der Waals surface area contributed by atoms with Gasteiger partial charge in [-0.1, -0.05) is 18.8 Å². The second-order valence-corrected chi connectivity index (χ2v) is 5.11. The maximum Gasteiger partial charge on any atom is 0.264 e. The second kappa shape index (κ2) is 8.35. The van der Waals surface area contributed by atoms with E-state index < -0.39 is 0 Å². The molecular formula is C14H18N2O3S. The van der Waals surface area contributed by atoms with Gasteiger partial charge in [-0.2, -0.15) is 0 Å². The van der Waals surface area contributed by atoms with Crippen LogP contribution in [-0.4, -0.2) is 48.6 Å². The van der Waals surface area contributed by atoms with E-state index in [1.54, 1.807) is 19.2 Å². The first-order valence-corrected chi connectivity index (χ1v) is 7.13. The van der Waals surface area contributed by atoms with Crippen molar-refractivity contribution in [1.82, 2.24) is 10.2 Å². The van der Waals surface area contributed by atoms with Crippen LogP contribution in [0, 0.1) is 11.8 Å². The molecule has 108 valence electrons. The summed E-state index contributed by atoms with van der Waals surface area (Å²) in [6.45, 7) is 2.33. The van der Waals surface area contributed by atoms with Crippen molar-refractivity contribution >= 4 is 23.2 Å². The number of rotatable bonds is 5. The van der Waals surface area contributed by atoms with Gasteiger partial charge in [-0.15, -0.1) is 11.3 Å². The third kappa shape index (κ3) is 4.68. The third-order valence-corrected chi connectivity index (χ3v) is 3.49. The van der Waals surface area contributed by atoms with Crippen molar-refractivity contribution in [3.63, 3.8) is 0 Å². The third-order valence-electron chi connectivity index (χ3n) is 2.50. The average Bonchev–Trinajstić information content (AvgIpc) is 2.92. The first-order chi connectivity index (χ1) is 9.62. The first-order valence-electron chi connectivity index (χ1n) is 6.31. The molecule has 1 aromatic rings. The number of likely N-dealkylation sites (N-methyl/N-ethyl adjacent to an activating group) is 1. The lowest BCUT2D eigenvalue weighted by Crippen LogP contribution is -2.39. The van der Waals surface area contributed by atoms with Crippen molar-refractivity contribution in [3.05, 3.63) is 21.9 Å². The highest BCUT2D eigenvalue weighted by Gasteiger charge is 2.19. The van der Waals surface area contributed by atoms with E-state index in [1.807, 2.05) is 6.92 Å². The highest BCUT2D eigenvalue weighted by Crippen LogP contribution is 2.17. The summed E-state index contributed by atoms with van der Waals surface area (Å²) in [5.74, 6) is 4.94. The summed E-state index contributed by atoms with van der Waals surface area (Å²) in [6.07, 6.45) is 0.783. The molecule has 0 radical (unpaired) electrons. The molecule has 20 heavy (non-hydrogen) atoms. The molecule has 1 aromatic heterocycles. The molecular weight excluding hydrogens is 276 g/mol. The highest BCUT2D eigenvalue weighted by molar-refractivity contribution is 7.14. The molecule has 1 heterocycles. The van der Waals surface area contributed by atoms with Crippen LogP contribution < -0.4 is 5.32 Å². The number of carbonyl (C=O) groups excluding carboxylic acids is 2. The lowest BCUT2D eigenvalue weighted by atomic mass is 10.3. The Labute approximate surface area is 122 Å². The van der Waals surface area contributed by atoms with Crippen LogP contribution in [0.15, 0.2) is 12.1 Å². The minimum absolute atomic E-state index is 0.0543. The molecule has 2 N–H and O–H groups in total. The van der Waals surface area contributed by atoms with Crippen molar-refractivity contribution in [3.8, 4) is 11.8 Å². The Morgan fingerprint density at radius 1 is 1.45 bits per heavy atom. The summed E-state index contributed by atoms with van der Waals surface area (Å²) < 4.78 is 0. The summed E-state index contributed by atoms with van der Waals surface area (Å²) in [4.78, 5) is 26.5. The number of nitrogens with one attached hydrogen (secondary N) is 1. The fourth-order valence-electron chi connectivity index (χ4n) is 1.58. The van der Waals surface area contributed by atoms with Crippen LogP contribution >= 0.6 is 11.3 Å². The number of nitrogens with zero attached hydrogens (tertiary/aromatic N) is 1. The molecule has 2 amide bonds. The van der Waals surface area contributed by atoms with Crippen LogP contribution in [0.3, 0.4) is 0 Å². The van der Waals surface area contributed by atoms with Gasteiger partial charge in [0.15, 0.2) is 0 Å². The van der Waals surface area contributed by atoms with Crippen LogP contribution in [-0.2, 0) is 4.79 Å². The smallest absolute Gasteiger partial charge is 0.264 e. The van der Waals surface area contributed by atoms with Gasteiger partial charge in [0.05, 0.1) is 16.3 Å². The molecule has 0 bridgehead atoms. The van der Waals surface area contributed by atoms with E-state index in [2.05, 4.69) is 17.2 Å². The van der Waals surface area contributed by atoms with E-state index in [4.69, 9.17) is 5.11 Å². The van der Waals surface area contributed by atoms with Crippen LogP contribution in [0.25, 0.3) is 0 Å². The number of amides is 2. The summed E-state index contributed by atoms with van der Waals surface area (Å²) in [5.41, 5.74) is 0. The summed E-state index contributed by atoms with van der Waals surface area (Å²) in [7, 11) is 1.55. The predicted molar refractivity (Wildman–Crippen MR) is 78.5 cm³/mol. The maximum absolute atomic E-state index is 12.3. The largest absolute Gasteiger partial charge is 0.384 e. The molecule has 0 fully saturated rings. The van der Waals surface area contributed by atoms with Crippen LogP contribution in [0.4, 0.5) is 0 Å². The quantitative estimate of drug-likeness (QED) is 0.785. The number of hydrogen-bond acceptors (Lipinski definition) is 4. The molecule has 0 aliphatic rings. The zero-order chi connectivity index (χ0) is 15.0. The van der Waals surface area contributed by atoms with Gasteiger partial charge in [-0.05, 0) is 18.6 Å². The Morgan fingerprint density at radius 3 is 2.80 bits per heavy atom. The van der Waals surface area contributed by atoms with Crippen molar-refractivity contribution in [2.45, 2.75) is 13.3 Å². The minimum Gasteiger partial charge on any atom is -0.384 e. The SMILES string of the molecule is CCCN(CC(=O)NC)C(=O)c1ccc(C#CCO)s1. The van der Waals surface area contributed by atoms with Crippen molar-refractivity contribution in [2.24, 2.45) is 0 Å². The van der Waals surface area contributed by atoms with Crippen LogP contribution in [0.2, 0.25) is 0 Å². The molecule has 0 saturated carbocycles. The van der Waals surface area contributed by atoms with E-state index in [9.17, 15) is 9.59 Å². The van der Waals surface area contributed by atoms with Gasteiger partial charge in [-0.3, -0.25) is 9.59 Å². The maximum atomic E-state index is 12.3. The predicted octanol–water partition coefficient (Wildman–Crippen LogP) is 0.690. The average molecular weight is 294 g/mol. The van der Waals surface area contributed by atoms with Crippen LogP contribution in [0.5, 0.6) is 0 Å². The topological polar surface area (TPSA) is 69.6 Å². The fourth-order valence-corrected chi connectivity index (χ4v) is 2.43. The standard InChI is InChI=1S/C14H18N2O3S/c1-3-8-16(10-13(18)15-2)14(19)12-7-6-11(20-12)5-4-9-17/h6-7,17H,3,8-10H2,1-2H3,(H,15,18). The van der Waals surface area contributed by atoms with E-state index in [-0.39, 0.29) is 25.0 Å². The molecule has 1 rings (SSSR count). The molecule has 5 nitrogen and oxygen atoms in total. The van der Waals surface area contributed by atoms with E-state index in [1.165, 1.54) is 16.2 Å². The highest BCUT2D eigenvalue weighted by atomic mass is 32.1. The second-order valence-electron chi connectivity index (χ2n) is 4.02. The monoisotopic (exact) mass is 294 g/mol. The van der Waals surface area contributed by atoms with Crippen molar-refractivity contribution in [2.75, 3.05) is 26.7 Å². The number of carbonyl (C=O) groups is 2. The lowest BCUT2D eigenvalue weighted by Gasteiger charge is -2.20. The molecule has 0 aliphatic heterocycles. The van der Waals surface area contributed by atoms with Gasteiger partial charge in [0.2, 0.25) is 5.91 Å². The Balaban J connectivity index is 2.83. The normalized spacial score (nSPS) is 9.55. The Morgan fingerprint density at radius 2 is 2.20 bits per heavy atom. The van der Waals surface area contributed by atoms with Crippen molar-refractivity contribution < 1.29 is 14.7 Å². The number of aliphatic hydroxyl groups excluding tert-OH is 1. The van der Waals surface area contributed by atoms with Gasteiger partial charge in [0.25, 0.3) is 5.91 Å². The van der Waals surface area contributed by atoms with Gasteiger partial charge < -0.3 is 15.3 Å². The Kier molecular flexibility index (Phi) is 6.77. The number of thiophene rings is 1. The van der Waals surface area contributed by atoms with E-state index >= 15 is 0 Å². The van der Waals surface area contributed by atoms with Crippen molar-refractivity contribution in [1.29, 1.82) is 0 Å². The molecule has 0 aliphatic carbocycles. The zero-order valence-electron chi connectivity index (χ0n) is 11.6. The Bertz CT molecular complexity index is 528. The molecule has 0 unspecified atom stereocenters. The number of hydrogen-bond donors (Lipinski definition) is 2. The van der Waals surface area contributed by atoms with Gasteiger partial charge in [0, 0.05) is 13.6 Å².